The van der Waals surface area contributed by atoms with E-state index >= 15 is 0 Å². The minimum absolute atomic E-state index is 0.0274. The zero-order chi connectivity index (χ0) is 21.6. The number of hydrogen-bond donors (Lipinski definition) is 1. The minimum atomic E-state index is -0.584. The topological polar surface area (TPSA) is 113 Å². The Morgan fingerprint density at radius 3 is 2.61 bits per heavy atom. The maximum Gasteiger partial charge on any atom is 0.414 e. The van der Waals surface area contributed by atoms with Crippen LogP contribution in [0.3, 0.4) is 0 Å². The van der Waals surface area contributed by atoms with E-state index in [2.05, 4.69) is 25.6 Å². The zero-order valence-corrected chi connectivity index (χ0v) is 16.8. The fourth-order valence-corrected chi connectivity index (χ4v) is 3.04. The van der Waals surface area contributed by atoms with Gasteiger partial charge >= 0.3 is 6.09 Å². The fourth-order valence-electron chi connectivity index (χ4n) is 3.04. The van der Waals surface area contributed by atoms with Gasteiger partial charge in [-0.3, -0.25) is 0 Å². The summed E-state index contributed by atoms with van der Waals surface area (Å²) in [6.07, 6.45) is 3.58. The second-order valence-electron chi connectivity index (χ2n) is 6.91. The summed E-state index contributed by atoms with van der Waals surface area (Å²) in [5, 5.41) is 10.9. The summed E-state index contributed by atoms with van der Waals surface area (Å²) in [5.41, 5.74) is 2.01. The minimum Gasteiger partial charge on any atom is -0.470 e. The summed E-state index contributed by atoms with van der Waals surface area (Å²) < 4.78 is 30.8. The second-order valence-corrected chi connectivity index (χ2v) is 6.91. The van der Waals surface area contributed by atoms with Crippen LogP contribution in [0.1, 0.15) is 24.2 Å². The molecule has 1 saturated heterocycles. The van der Waals surface area contributed by atoms with Crippen LogP contribution in [0.5, 0.6) is 11.8 Å². The Bertz CT molecular complexity index is 1020. The van der Waals surface area contributed by atoms with E-state index in [1.165, 1.54) is 24.5 Å². The summed E-state index contributed by atoms with van der Waals surface area (Å²) in [6.45, 7) is 3.15. The van der Waals surface area contributed by atoms with Crippen LogP contribution >= 0.6 is 0 Å². The third-order valence-corrected chi connectivity index (χ3v) is 4.73. The van der Waals surface area contributed by atoms with Gasteiger partial charge in [-0.05, 0) is 44.0 Å². The number of nitrogens with one attached hydrogen (secondary N) is 1. The number of benzene rings is 1. The molecule has 1 aliphatic heterocycles. The van der Waals surface area contributed by atoms with Crippen molar-refractivity contribution in [2.24, 2.45) is 0 Å². The normalized spacial score (nSPS) is 14.3. The molecule has 1 fully saturated rings. The number of aryl methyl sites for hydroxylation is 1. The Hall–Kier alpha value is -3.60. The monoisotopic (exact) mass is 428 g/mol. The Morgan fingerprint density at radius 2 is 1.90 bits per heavy atom. The lowest BCUT2D eigenvalue weighted by atomic mass is 10.1. The lowest BCUT2D eigenvalue weighted by Gasteiger charge is -2.22. The quantitative estimate of drug-likeness (QED) is 0.637. The van der Waals surface area contributed by atoms with Gasteiger partial charge in [-0.25, -0.2) is 23.8 Å². The highest BCUT2D eigenvalue weighted by molar-refractivity contribution is 5.70. The van der Waals surface area contributed by atoms with Crippen LogP contribution in [0.2, 0.25) is 0 Å². The predicted octanol–water partition coefficient (Wildman–Crippen LogP) is 2.35. The molecule has 1 aliphatic rings. The molecule has 0 aliphatic carbocycles. The lowest BCUT2D eigenvalue weighted by molar-refractivity contribution is 0.0777. The van der Waals surface area contributed by atoms with Gasteiger partial charge in [0.1, 0.15) is 18.1 Å². The highest BCUT2D eigenvalue weighted by Gasteiger charge is 2.18. The van der Waals surface area contributed by atoms with Crippen molar-refractivity contribution in [3.8, 4) is 17.4 Å². The van der Waals surface area contributed by atoms with Gasteiger partial charge in [0.05, 0.1) is 23.8 Å². The van der Waals surface area contributed by atoms with Crippen LogP contribution < -0.4 is 14.8 Å². The molecule has 0 bridgehead atoms. The van der Waals surface area contributed by atoms with Crippen LogP contribution in [-0.2, 0) is 11.3 Å². The molecule has 31 heavy (non-hydrogen) atoms. The SMILES string of the molecule is Cc1nnn(-c2ccc(F)cc2)c1COc1cnc(OC(=O)NC2CCOCC2)cn1. The van der Waals surface area contributed by atoms with Gasteiger partial charge in [0.15, 0.2) is 0 Å². The van der Waals surface area contributed by atoms with Crippen LogP contribution in [-0.4, -0.2) is 50.3 Å². The van der Waals surface area contributed by atoms with Crippen molar-refractivity contribution in [1.82, 2.24) is 30.3 Å². The van der Waals surface area contributed by atoms with Gasteiger partial charge in [-0.1, -0.05) is 5.21 Å². The van der Waals surface area contributed by atoms with E-state index in [1.807, 2.05) is 0 Å². The molecule has 162 valence electrons. The molecule has 1 N–H and O–H groups in total. The maximum atomic E-state index is 13.2. The Morgan fingerprint density at radius 1 is 1.19 bits per heavy atom. The summed E-state index contributed by atoms with van der Waals surface area (Å²) >= 11 is 0. The smallest absolute Gasteiger partial charge is 0.414 e. The number of nitrogens with zero attached hydrogens (tertiary/aromatic N) is 5. The first-order chi connectivity index (χ1) is 15.1. The molecule has 10 nitrogen and oxygen atoms in total. The van der Waals surface area contributed by atoms with Crippen molar-refractivity contribution >= 4 is 6.09 Å². The Labute approximate surface area is 177 Å². The summed E-state index contributed by atoms with van der Waals surface area (Å²) in [6, 6.07) is 5.92. The molecule has 3 aromatic rings. The van der Waals surface area contributed by atoms with E-state index in [0.717, 1.165) is 12.8 Å². The molecule has 0 spiro atoms. The molecule has 0 unspecified atom stereocenters. The molecule has 0 atom stereocenters. The third-order valence-electron chi connectivity index (χ3n) is 4.73. The molecular formula is C20H21FN6O4. The first kappa shape index (κ1) is 20.7. The fraction of sp³-hybridized carbons (Fsp3) is 0.350. The first-order valence-corrected chi connectivity index (χ1v) is 9.76. The Balaban J connectivity index is 1.34. The van der Waals surface area contributed by atoms with Crippen molar-refractivity contribution in [2.75, 3.05) is 13.2 Å². The standard InChI is InChI=1S/C20H21FN6O4/c1-13-17(27(26-25-13)16-4-2-14(21)3-5-16)12-30-18-10-23-19(11-22-18)31-20(28)24-15-6-8-29-9-7-15/h2-5,10-11,15H,6-9,12H2,1H3,(H,24,28). The van der Waals surface area contributed by atoms with Crippen molar-refractivity contribution < 1.29 is 23.4 Å². The third kappa shape index (κ3) is 5.31. The molecule has 1 amide bonds. The average Bonchev–Trinajstić information content (AvgIpc) is 3.15. The summed E-state index contributed by atoms with van der Waals surface area (Å²) in [4.78, 5) is 20.1. The lowest BCUT2D eigenvalue weighted by Crippen LogP contribution is -2.40. The van der Waals surface area contributed by atoms with Gasteiger partial charge < -0.3 is 19.5 Å². The second kappa shape index (κ2) is 9.47. The molecule has 0 saturated carbocycles. The highest BCUT2D eigenvalue weighted by Crippen LogP contribution is 2.17. The molecule has 2 aromatic heterocycles. The number of carbonyl (C=O) groups excluding carboxylic acids is 1. The van der Waals surface area contributed by atoms with Crippen LogP contribution in [0.4, 0.5) is 9.18 Å². The van der Waals surface area contributed by atoms with Crippen molar-refractivity contribution in [3.63, 3.8) is 0 Å². The van der Waals surface area contributed by atoms with E-state index in [0.29, 0.717) is 30.3 Å². The van der Waals surface area contributed by atoms with E-state index in [9.17, 15) is 9.18 Å². The summed E-state index contributed by atoms with van der Waals surface area (Å²) in [5.74, 6) is -0.0352. The van der Waals surface area contributed by atoms with E-state index in [4.69, 9.17) is 14.2 Å². The van der Waals surface area contributed by atoms with Gasteiger partial charge in [-0.15, -0.1) is 5.10 Å². The van der Waals surface area contributed by atoms with Gasteiger partial charge in [-0.2, -0.15) is 0 Å². The molecular weight excluding hydrogens is 407 g/mol. The number of amides is 1. The number of ether oxygens (including phenoxy) is 3. The molecule has 4 rings (SSSR count). The van der Waals surface area contributed by atoms with Crippen LogP contribution in [0.25, 0.3) is 5.69 Å². The molecule has 11 heteroatoms. The van der Waals surface area contributed by atoms with Gasteiger partial charge in [0, 0.05) is 19.3 Å². The van der Waals surface area contributed by atoms with Gasteiger partial charge in [0.25, 0.3) is 0 Å². The number of hydrogen-bond acceptors (Lipinski definition) is 8. The zero-order valence-electron chi connectivity index (χ0n) is 16.8. The van der Waals surface area contributed by atoms with Crippen LogP contribution in [0, 0.1) is 12.7 Å². The maximum absolute atomic E-state index is 13.2. The molecule has 0 radical (unpaired) electrons. The molecule has 1 aromatic carbocycles. The highest BCUT2D eigenvalue weighted by atomic mass is 19.1. The van der Waals surface area contributed by atoms with Crippen LogP contribution in [0.15, 0.2) is 36.7 Å². The van der Waals surface area contributed by atoms with Crippen molar-refractivity contribution in [2.45, 2.75) is 32.4 Å². The van der Waals surface area contributed by atoms with Crippen molar-refractivity contribution in [3.05, 3.63) is 53.9 Å². The predicted molar refractivity (Wildman–Crippen MR) is 105 cm³/mol. The Kier molecular flexibility index (Phi) is 6.32. The number of halogens is 1. The van der Waals surface area contributed by atoms with Crippen molar-refractivity contribution in [1.29, 1.82) is 0 Å². The van der Waals surface area contributed by atoms with Gasteiger partial charge in [0.2, 0.25) is 11.8 Å². The number of aromatic nitrogens is 5. The average molecular weight is 428 g/mol. The van der Waals surface area contributed by atoms with E-state index in [-0.39, 0.29) is 30.2 Å². The molecule has 3 heterocycles. The van der Waals surface area contributed by atoms with E-state index < -0.39 is 6.09 Å². The number of carbonyl (C=O) groups is 1. The number of rotatable bonds is 6. The first-order valence-electron chi connectivity index (χ1n) is 9.76. The summed E-state index contributed by atoms with van der Waals surface area (Å²) in [7, 11) is 0. The largest absolute Gasteiger partial charge is 0.470 e. The van der Waals surface area contributed by atoms with E-state index in [1.54, 1.807) is 23.7 Å².